The van der Waals surface area contributed by atoms with Crippen LogP contribution in [0.4, 0.5) is 4.79 Å². The molecule has 0 spiro atoms. The Morgan fingerprint density at radius 2 is 1.03 bits per heavy atom. The van der Waals surface area contributed by atoms with Crippen LogP contribution in [0.3, 0.4) is 0 Å². The van der Waals surface area contributed by atoms with E-state index < -0.39 is 6.35 Å². The van der Waals surface area contributed by atoms with Crippen LogP contribution in [0.1, 0.15) is 77.0 Å². The van der Waals surface area contributed by atoms with Crippen LogP contribution in [0.25, 0.3) is 0 Å². The van der Waals surface area contributed by atoms with E-state index in [-0.39, 0.29) is 12.0 Å². The van der Waals surface area contributed by atoms with Crippen molar-refractivity contribution in [3.8, 4) is 0 Å². The van der Waals surface area contributed by atoms with Gasteiger partial charge in [0.05, 0.1) is 19.6 Å². The molecule has 200 valence electrons. The van der Waals surface area contributed by atoms with Crippen molar-refractivity contribution in [1.82, 2.24) is 14.7 Å². The number of carbonyl (C=O) groups excluding carboxylic acids is 4. The van der Waals surface area contributed by atoms with Crippen LogP contribution in [0.15, 0.2) is 15.0 Å². The van der Waals surface area contributed by atoms with Gasteiger partial charge in [0.15, 0.2) is 0 Å². The number of hydrogen-bond acceptors (Lipinski definition) is 9. The van der Waals surface area contributed by atoms with E-state index in [1.165, 1.54) is 28.0 Å². The van der Waals surface area contributed by atoms with E-state index in [4.69, 9.17) is 5.41 Å². The van der Waals surface area contributed by atoms with Crippen LogP contribution in [0.5, 0.6) is 0 Å². The Morgan fingerprint density at radius 3 is 1.47 bits per heavy atom. The predicted molar refractivity (Wildman–Crippen MR) is 134 cm³/mol. The zero-order chi connectivity index (χ0) is 26.4. The van der Waals surface area contributed by atoms with Gasteiger partial charge in [-0.05, 0) is 38.5 Å². The summed E-state index contributed by atoms with van der Waals surface area (Å²) in [7, 11) is 0. The van der Waals surface area contributed by atoms with Crippen molar-refractivity contribution in [2.24, 2.45) is 15.0 Å². The fraction of sp³-hybridized carbons (Fsp3) is 0.792. The molecule has 1 heterocycles. The number of hydrogen-bond donors (Lipinski definition) is 2. The zero-order valence-electron chi connectivity index (χ0n) is 21.1. The van der Waals surface area contributed by atoms with Crippen molar-refractivity contribution >= 4 is 30.2 Å². The second-order valence-electron chi connectivity index (χ2n) is 8.65. The number of unbranched alkanes of at least 4 members (excludes halogenated alkanes) is 9. The minimum Gasteiger partial charge on any atom is -0.356 e. The van der Waals surface area contributed by atoms with Crippen LogP contribution < -0.4 is 0 Å². The van der Waals surface area contributed by atoms with E-state index in [0.717, 1.165) is 64.2 Å². The molecule has 2 N–H and O–H groups in total. The maximum absolute atomic E-state index is 13.1. The number of aliphatic hydroxyl groups is 1. The number of nitrogens with one attached hydrogen (secondary N) is 1. The molecule has 1 saturated heterocycles. The molecule has 12 nitrogen and oxygen atoms in total. The lowest BCUT2D eigenvalue weighted by molar-refractivity contribution is -0.0808. The maximum Gasteiger partial charge on any atom is 0.330 e. The minimum absolute atomic E-state index is 0.00610. The number of nitrogens with zero attached hydrogens (tertiary/aromatic N) is 6. The minimum atomic E-state index is -1.19. The lowest BCUT2D eigenvalue weighted by Crippen LogP contribution is -2.66. The van der Waals surface area contributed by atoms with E-state index in [1.54, 1.807) is 4.90 Å². The van der Waals surface area contributed by atoms with E-state index in [9.17, 15) is 24.3 Å². The summed E-state index contributed by atoms with van der Waals surface area (Å²) in [5, 5.41) is 19.5. The Hall–Kier alpha value is -3.16. The summed E-state index contributed by atoms with van der Waals surface area (Å²) in [6.07, 6.45) is 12.9. The summed E-state index contributed by atoms with van der Waals surface area (Å²) in [4.78, 5) is 58.6. The molecule has 0 radical (unpaired) electrons. The number of carbonyl (C=O) groups is 1. The van der Waals surface area contributed by atoms with Gasteiger partial charge in [0, 0.05) is 19.6 Å². The topological polar surface area (TPSA) is 159 Å². The number of amides is 2. The molecule has 36 heavy (non-hydrogen) atoms. The van der Waals surface area contributed by atoms with Gasteiger partial charge in [0.25, 0.3) is 0 Å². The van der Waals surface area contributed by atoms with Crippen molar-refractivity contribution in [2.75, 3.05) is 39.3 Å². The first kappa shape index (κ1) is 30.9. The van der Waals surface area contributed by atoms with Crippen molar-refractivity contribution < 1.29 is 24.3 Å². The molecule has 0 bridgehead atoms. The van der Waals surface area contributed by atoms with Crippen molar-refractivity contribution in [1.29, 1.82) is 5.41 Å². The molecule has 0 aromatic carbocycles. The van der Waals surface area contributed by atoms with E-state index in [2.05, 4.69) is 15.0 Å². The summed E-state index contributed by atoms with van der Waals surface area (Å²) in [6.45, 7) is 2.51. The monoisotopic (exact) mass is 505 g/mol. The van der Waals surface area contributed by atoms with Gasteiger partial charge < -0.3 is 5.11 Å². The smallest absolute Gasteiger partial charge is 0.330 e. The van der Waals surface area contributed by atoms with E-state index in [0.29, 0.717) is 52.1 Å². The van der Waals surface area contributed by atoms with Crippen LogP contribution in [0.2, 0.25) is 0 Å². The summed E-state index contributed by atoms with van der Waals surface area (Å²) in [5.41, 5.74) is 0. The number of rotatable bonds is 21. The fourth-order valence-corrected chi connectivity index (χ4v) is 4.02. The summed E-state index contributed by atoms with van der Waals surface area (Å²) >= 11 is 0. The van der Waals surface area contributed by atoms with Crippen LogP contribution in [0, 0.1) is 5.41 Å². The molecule has 0 aromatic heterocycles. The highest BCUT2D eigenvalue weighted by Crippen LogP contribution is 2.20. The van der Waals surface area contributed by atoms with Gasteiger partial charge >= 0.3 is 6.03 Å². The average molecular weight is 506 g/mol. The van der Waals surface area contributed by atoms with Crippen LogP contribution in [-0.4, -0.2) is 95.7 Å². The standard InChI is InChI=1S/C24H39N7O5/c25-22-29(16-10-4-1-7-13-26-19-32)23(35)31(18-12-6-3-9-15-28-21-34)24(36)30(22)17-11-5-2-8-14-27-20-33/h23,25,35H,1-18H2. The van der Waals surface area contributed by atoms with Crippen molar-refractivity contribution in [3.63, 3.8) is 0 Å². The second-order valence-corrected chi connectivity index (χ2v) is 8.65. The second kappa shape index (κ2) is 20.1. The quantitative estimate of drug-likeness (QED) is 0.139. The number of aliphatic imine (C=N–C) groups is 3. The predicted octanol–water partition coefficient (Wildman–Crippen LogP) is 2.93. The Kier molecular flexibility index (Phi) is 17.2. The first-order valence-corrected chi connectivity index (χ1v) is 12.8. The third-order valence-electron chi connectivity index (χ3n) is 6.00. The number of aliphatic hydroxyl groups excluding tert-OH is 1. The summed E-state index contributed by atoms with van der Waals surface area (Å²) in [6, 6.07) is -0.369. The lowest BCUT2D eigenvalue weighted by Gasteiger charge is -2.46. The maximum atomic E-state index is 13.1. The normalized spacial score (nSPS) is 15.4. The average Bonchev–Trinajstić information content (AvgIpc) is 2.87. The van der Waals surface area contributed by atoms with Gasteiger partial charge in [-0.15, -0.1) is 0 Å². The van der Waals surface area contributed by atoms with Crippen LogP contribution >= 0.6 is 0 Å². The molecule has 0 aromatic rings. The molecule has 1 atom stereocenters. The molecule has 12 heteroatoms. The molecule has 0 saturated carbocycles. The van der Waals surface area contributed by atoms with Gasteiger partial charge in [-0.25, -0.2) is 34.2 Å². The van der Waals surface area contributed by atoms with Gasteiger partial charge in [0.1, 0.15) is 0 Å². The highest BCUT2D eigenvalue weighted by molar-refractivity contribution is 5.97. The third-order valence-corrected chi connectivity index (χ3v) is 6.00. The molecule has 0 aliphatic carbocycles. The lowest BCUT2D eigenvalue weighted by atomic mass is 10.1. The van der Waals surface area contributed by atoms with E-state index in [1.807, 2.05) is 0 Å². The summed E-state index contributed by atoms with van der Waals surface area (Å²) < 4.78 is 0. The largest absolute Gasteiger partial charge is 0.356 e. The highest BCUT2D eigenvalue weighted by atomic mass is 16.3. The molecular formula is C24H39N7O5. The first-order valence-electron chi connectivity index (χ1n) is 12.8. The number of guanidine groups is 1. The van der Waals surface area contributed by atoms with Crippen molar-refractivity contribution in [2.45, 2.75) is 83.4 Å². The first-order chi connectivity index (χ1) is 17.6. The molecule has 1 unspecified atom stereocenters. The molecule has 1 rings (SSSR count). The zero-order valence-corrected chi connectivity index (χ0v) is 21.1. The Labute approximate surface area is 212 Å². The summed E-state index contributed by atoms with van der Waals surface area (Å²) in [5.74, 6) is 0.00610. The Bertz CT molecular complexity index is 755. The number of isocyanates is 3. The number of urea groups is 1. The molecule has 1 aliphatic rings. The van der Waals surface area contributed by atoms with Crippen molar-refractivity contribution in [3.05, 3.63) is 0 Å². The Balaban J connectivity index is 2.66. The molecule has 1 aliphatic heterocycles. The molecule has 1 fully saturated rings. The molecular weight excluding hydrogens is 466 g/mol. The SMILES string of the molecule is N=C1N(CCCCCCN=C=O)C(=O)N(CCCCCCN=C=O)C(O)N1CCCCCCN=C=O. The highest BCUT2D eigenvalue weighted by Gasteiger charge is 2.40. The van der Waals surface area contributed by atoms with E-state index >= 15 is 0 Å². The fourth-order valence-electron chi connectivity index (χ4n) is 4.02. The van der Waals surface area contributed by atoms with Gasteiger partial charge in [-0.2, -0.15) is 0 Å². The van der Waals surface area contributed by atoms with Crippen LogP contribution in [-0.2, 0) is 14.4 Å². The van der Waals surface area contributed by atoms with Gasteiger partial charge in [-0.1, -0.05) is 38.5 Å². The van der Waals surface area contributed by atoms with Gasteiger partial charge in [0.2, 0.25) is 30.6 Å². The third kappa shape index (κ3) is 12.0. The van der Waals surface area contributed by atoms with Gasteiger partial charge in [-0.3, -0.25) is 20.1 Å². The Morgan fingerprint density at radius 1 is 0.639 bits per heavy atom. The molecule has 2 amide bonds.